The second-order valence-corrected chi connectivity index (χ2v) is 5.07. The average Bonchev–Trinajstić information content (AvgIpc) is 3.31. The monoisotopic (exact) mass is 400 g/mol. The highest BCUT2D eigenvalue weighted by Gasteiger charge is 2.34. The first-order valence-corrected chi connectivity index (χ1v) is 7.98. The van der Waals surface area contributed by atoms with Crippen LogP contribution in [0.3, 0.4) is 0 Å². The van der Waals surface area contributed by atoms with E-state index in [-0.39, 0.29) is 38.4 Å². The molecule has 0 bridgehead atoms. The lowest BCUT2D eigenvalue weighted by Crippen LogP contribution is -2.64. The molecule has 0 spiro atoms. The SMILES string of the molecule is O=C(NC(O)(COCCOCCO)NC(=O)Oc1ncc[nH]1)Oc1ncc[nH]1. The van der Waals surface area contributed by atoms with Crippen molar-refractivity contribution in [1.82, 2.24) is 30.6 Å². The average molecular weight is 400 g/mol. The number of imidazole rings is 2. The molecular weight excluding hydrogens is 380 g/mol. The van der Waals surface area contributed by atoms with Crippen molar-refractivity contribution < 1.29 is 38.7 Å². The highest BCUT2D eigenvalue weighted by atomic mass is 16.6. The fourth-order valence-corrected chi connectivity index (χ4v) is 1.79. The molecule has 14 heteroatoms. The van der Waals surface area contributed by atoms with Crippen molar-refractivity contribution in [3.05, 3.63) is 24.8 Å². The van der Waals surface area contributed by atoms with E-state index in [1.54, 1.807) is 0 Å². The standard InChI is InChI=1S/C14H20N6O8/c21-5-6-25-7-8-26-9-14(24,19-12(22)27-10-15-1-2-16-10)20-13(23)28-11-17-3-4-18-11/h1-4,21,24H,5-9H2,(H,15,16)(H,17,18)(H,19,22)(H,20,23). The van der Waals surface area contributed by atoms with Crippen LogP contribution in [0.5, 0.6) is 12.0 Å². The molecule has 0 fully saturated rings. The summed E-state index contributed by atoms with van der Waals surface area (Å²) in [5.74, 6) is -2.38. The van der Waals surface area contributed by atoms with E-state index in [2.05, 4.69) is 19.9 Å². The summed E-state index contributed by atoms with van der Waals surface area (Å²) in [7, 11) is 0. The first kappa shape index (κ1) is 21.1. The molecule has 0 aliphatic heterocycles. The van der Waals surface area contributed by atoms with Crippen LogP contribution in [0.15, 0.2) is 24.8 Å². The van der Waals surface area contributed by atoms with Gasteiger partial charge in [0.2, 0.25) is 5.85 Å². The van der Waals surface area contributed by atoms with Crippen molar-refractivity contribution >= 4 is 12.2 Å². The van der Waals surface area contributed by atoms with Crippen molar-refractivity contribution in [3.63, 3.8) is 0 Å². The molecule has 0 atom stereocenters. The summed E-state index contributed by atoms with van der Waals surface area (Å²) in [6.07, 6.45) is 3.28. The zero-order valence-electron chi connectivity index (χ0n) is 14.6. The second-order valence-electron chi connectivity index (χ2n) is 5.07. The predicted octanol–water partition coefficient (Wildman–Crippen LogP) is -1.32. The van der Waals surface area contributed by atoms with E-state index in [1.807, 2.05) is 10.6 Å². The molecule has 0 unspecified atom stereocenters. The lowest BCUT2D eigenvalue weighted by Gasteiger charge is -2.28. The number of carbonyl (C=O) groups is 2. The molecule has 0 radical (unpaired) electrons. The smallest absolute Gasteiger partial charge is 0.394 e. The van der Waals surface area contributed by atoms with Crippen LogP contribution in [0, 0.1) is 0 Å². The Kier molecular flexibility index (Phi) is 8.16. The predicted molar refractivity (Wildman–Crippen MR) is 89.2 cm³/mol. The topological polar surface area (TPSA) is 193 Å². The summed E-state index contributed by atoms with van der Waals surface area (Å²) in [5, 5.41) is 23.2. The summed E-state index contributed by atoms with van der Waals surface area (Å²) in [6, 6.07) is -0.257. The van der Waals surface area contributed by atoms with Gasteiger partial charge in [-0.15, -0.1) is 0 Å². The van der Waals surface area contributed by atoms with E-state index >= 15 is 0 Å². The molecule has 154 valence electrons. The maximum Gasteiger partial charge on any atom is 0.418 e. The zero-order chi connectivity index (χ0) is 20.2. The largest absolute Gasteiger partial charge is 0.418 e. The van der Waals surface area contributed by atoms with E-state index in [0.29, 0.717) is 0 Å². The minimum atomic E-state index is -2.38. The number of aromatic nitrogens is 4. The molecule has 0 aliphatic rings. The number of nitrogens with zero attached hydrogens (tertiary/aromatic N) is 2. The number of aliphatic hydroxyl groups excluding tert-OH is 1. The molecule has 0 saturated carbocycles. The summed E-state index contributed by atoms with van der Waals surface area (Å²) >= 11 is 0. The molecule has 14 nitrogen and oxygen atoms in total. The number of ether oxygens (including phenoxy) is 4. The number of hydrogen-bond donors (Lipinski definition) is 6. The van der Waals surface area contributed by atoms with Gasteiger partial charge in [-0.1, -0.05) is 0 Å². The molecule has 2 aromatic rings. The summed E-state index contributed by atoms with van der Waals surface area (Å²) in [4.78, 5) is 36.3. The van der Waals surface area contributed by atoms with Crippen LogP contribution in [0.1, 0.15) is 0 Å². The zero-order valence-corrected chi connectivity index (χ0v) is 14.6. The van der Waals surface area contributed by atoms with E-state index < -0.39 is 24.6 Å². The third kappa shape index (κ3) is 7.58. The second kappa shape index (κ2) is 10.8. The van der Waals surface area contributed by atoms with Gasteiger partial charge in [0, 0.05) is 24.8 Å². The number of hydrogen-bond acceptors (Lipinski definition) is 10. The van der Waals surface area contributed by atoms with Gasteiger partial charge in [-0.25, -0.2) is 19.6 Å². The fourth-order valence-electron chi connectivity index (χ4n) is 1.79. The molecule has 2 rings (SSSR count). The number of carbonyl (C=O) groups excluding carboxylic acids is 2. The van der Waals surface area contributed by atoms with E-state index in [9.17, 15) is 14.7 Å². The van der Waals surface area contributed by atoms with Crippen molar-refractivity contribution in [3.8, 4) is 12.0 Å². The minimum Gasteiger partial charge on any atom is -0.394 e. The number of nitrogens with one attached hydrogen (secondary N) is 4. The number of aliphatic hydroxyl groups is 2. The molecule has 28 heavy (non-hydrogen) atoms. The lowest BCUT2D eigenvalue weighted by molar-refractivity contribution is -0.0889. The first-order valence-electron chi connectivity index (χ1n) is 7.98. The number of H-pyrrole nitrogens is 2. The van der Waals surface area contributed by atoms with Gasteiger partial charge in [-0.05, 0) is 0 Å². The van der Waals surface area contributed by atoms with Gasteiger partial charge in [0.25, 0.3) is 0 Å². The van der Waals surface area contributed by atoms with Gasteiger partial charge in [-0.2, -0.15) is 0 Å². The molecule has 0 aliphatic carbocycles. The molecule has 6 N–H and O–H groups in total. The van der Waals surface area contributed by atoms with Crippen molar-refractivity contribution in [2.75, 3.05) is 33.0 Å². The van der Waals surface area contributed by atoms with Crippen LogP contribution in [-0.2, 0) is 9.47 Å². The highest BCUT2D eigenvalue weighted by molar-refractivity contribution is 5.73. The van der Waals surface area contributed by atoms with Gasteiger partial charge in [0.15, 0.2) is 0 Å². The van der Waals surface area contributed by atoms with Crippen molar-refractivity contribution in [2.45, 2.75) is 5.85 Å². The van der Waals surface area contributed by atoms with Gasteiger partial charge < -0.3 is 39.1 Å². The van der Waals surface area contributed by atoms with Gasteiger partial charge in [0.1, 0.15) is 6.61 Å². The Hall–Kier alpha value is -3.20. The van der Waals surface area contributed by atoms with Gasteiger partial charge >= 0.3 is 24.2 Å². The Bertz CT molecular complexity index is 657. The maximum atomic E-state index is 11.9. The van der Waals surface area contributed by atoms with Crippen molar-refractivity contribution in [2.24, 2.45) is 0 Å². The molecule has 0 saturated heterocycles. The van der Waals surface area contributed by atoms with E-state index in [1.165, 1.54) is 24.8 Å². The Balaban J connectivity index is 1.90. The number of rotatable bonds is 11. The normalized spacial score (nSPS) is 11.1. The lowest BCUT2D eigenvalue weighted by atomic mass is 10.4. The number of aromatic amines is 2. The van der Waals surface area contributed by atoms with Crippen LogP contribution in [-0.4, -0.2) is 81.2 Å². The summed E-state index contributed by atoms with van der Waals surface area (Å²) < 4.78 is 19.8. The Morgan fingerprint density at radius 1 is 0.964 bits per heavy atom. The van der Waals surface area contributed by atoms with Gasteiger partial charge in [0.05, 0.1) is 26.4 Å². The molecular formula is C14H20N6O8. The summed E-state index contributed by atoms with van der Waals surface area (Å²) in [5.41, 5.74) is 0. The first-order chi connectivity index (χ1) is 13.5. The molecule has 2 aromatic heterocycles. The van der Waals surface area contributed by atoms with Crippen LogP contribution in [0.4, 0.5) is 9.59 Å². The van der Waals surface area contributed by atoms with E-state index in [0.717, 1.165) is 0 Å². The van der Waals surface area contributed by atoms with Crippen LogP contribution in [0.25, 0.3) is 0 Å². The Morgan fingerprint density at radius 2 is 1.50 bits per heavy atom. The quantitative estimate of drug-likeness (QED) is 0.195. The third-order valence-electron chi connectivity index (χ3n) is 2.86. The third-order valence-corrected chi connectivity index (χ3v) is 2.86. The van der Waals surface area contributed by atoms with Crippen molar-refractivity contribution in [1.29, 1.82) is 0 Å². The fraction of sp³-hybridized carbons (Fsp3) is 0.429. The summed E-state index contributed by atoms with van der Waals surface area (Å²) in [6.45, 7) is -0.480. The van der Waals surface area contributed by atoms with Crippen LogP contribution >= 0.6 is 0 Å². The van der Waals surface area contributed by atoms with Gasteiger partial charge in [-0.3, -0.25) is 10.6 Å². The highest BCUT2D eigenvalue weighted by Crippen LogP contribution is 2.04. The minimum absolute atomic E-state index is 0.00608. The maximum absolute atomic E-state index is 11.9. The molecule has 0 aromatic carbocycles. The Labute approximate surface area is 158 Å². The molecule has 2 amide bonds. The number of amides is 2. The molecule has 2 heterocycles. The van der Waals surface area contributed by atoms with E-state index in [4.69, 9.17) is 24.1 Å². The van der Waals surface area contributed by atoms with Crippen LogP contribution in [0.2, 0.25) is 0 Å². The van der Waals surface area contributed by atoms with Crippen LogP contribution < -0.4 is 20.1 Å². The Morgan fingerprint density at radius 3 is 1.96 bits per heavy atom.